The first kappa shape index (κ1) is 22.5. The standard InChI is InChI=1S/C23H32F2N6O/c1-14(2)21-22(32)29-20-15(3)28-19(9-18(20)30(21)4)26-10-17-11-27-31(13-17)12-16-5-7-23(24,25)8-6-16/h9,11,13-14,16,21H,5-8,10,12H2,1-4H3,(H,26,28)(H,29,32)/t21-/m0/s1. The molecular weight excluding hydrogens is 414 g/mol. The number of aromatic nitrogens is 3. The minimum absolute atomic E-state index is 0.00490. The van der Waals surface area contributed by atoms with Gasteiger partial charge in [-0.05, 0) is 31.6 Å². The van der Waals surface area contributed by atoms with E-state index in [4.69, 9.17) is 0 Å². The summed E-state index contributed by atoms with van der Waals surface area (Å²) in [5.74, 6) is -1.34. The summed E-state index contributed by atoms with van der Waals surface area (Å²) in [4.78, 5) is 19.1. The average Bonchev–Trinajstić information content (AvgIpc) is 3.16. The number of nitrogens with zero attached hydrogens (tertiary/aromatic N) is 4. The normalized spacial score (nSPS) is 20.9. The van der Waals surface area contributed by atoms with E-state index in [-0.39, 0.29) is 36.6 Å². The number of carbonyl (C=O) groups is 1. The molecule has 1 aliphatic carbocycles. The van der Waals surface area contributed by atoms with Crippen molar-refractivity contribution in [3.8, 4) is 0 Å². The minimum atomic E-state index is -2.50. The van der Waals surface area contributed by atoms with Crippen LogP contribution >= 0.6 is 0 Å². The molecule has 0 saturated heterocycles. The van der Waals surface area contributed by atoms with Crippen LogP contribution in [0.1, 0.15) is 50.8 Å². The Balaban J connectivity index is 1.40. The largest absolute Gasteiger partial charge is 0.366 e. The highest BCUT2D eigenvalue weighted by Crippen LogP contribution is 2.37. The second kappa shape index (κ2) is 8.67. The molecule has 2 aromatic heterocycles. The highest BCUT2D eigenvalue weighted by atomic mass is 19.3. The first-order valence-corrected chi connectivity index (χ1v) is 11.3. The zero-order valence-corrected chi connectivity index (χ0v) is 19.2. The van der Waals surface area contributed by atoms with Gasteiger partial charge in [0.15, 0.2) is 0 Å². The van der Waals surface area contributed by atoms with Gasteiger partial charge >= 0.3 is 0 Å². The van der Waals surface area contributed by atoms with E-state index in [1.807, 2.05) is 49.7 Å². The summed E-state index contributed by atoms with van der Waals surface area (Å²) in [6.07, 6.45) is 4.80. The van der Waals surface area contributed by atoms with Crippen LogP contribution < -0.4 is 15.5 Å². The molecule has 0 aromatic carbocycles. The smallest absolute Gasteiger partial charge is 0.248 e. The first-order valence-electron chi connectivity index (χ1n) is 11.3. The van der Waals surface area contributed by atoms with Crippen LogP contribution in [0.4, 0.5) is 26.0 Å². The van der Waals surface area contributed by atoms with Crippen molar-refractivity contribution in [3.05, 3.63) is 29.7 Å². The predicted molar refractivity (Wildman–Crippen MR) is 121 cm³/mol. The number of likely N-dealkylation sites (N-methyl/N-ethyl adjacent to an activating group) is 1. The summed E-state index contributed by atoms with van der Waals surface area (Å²) < 4.78 is 28.6. The number of rotatable bonds is 6. The lowest BCUT2D eigenvalue weighted by Gasteiger charge is -2.38. The summed E-state index contributed by atoms with van der Waals surface area (Å²) in [6.45, 7) is 7.19. The van der Waals surface area contributed by atoms with Crippen LogP contribution in [0.15, 0.2) is 18.5 Å². The number of anilines is 3. The molecule has 32 heavy (non-hydrogen) atoms. The number of amides is 1. The van der Waals surface area contributed by atoms with Gasteiger partial charge in [0, 0.05) is 50.8 Å². The lowest BCUT2D eigenvalue weighted by Crippen LogP contribution is -2.49. The van der Waals surface area contributed by atoms with E-state index >= 15 is 0 Å². The highest BCUT2D eigenvalue weighted by molar-refractivity contribution is 6.04. The molecule has 1 fully saturated rings. The summed E-state index contributed by atoms with van der Waals surface area (Å²) in [5.41, 5.74) is 3.47. The van der Waals surface area contributed by atoms with Gasteiger partial charge in [0.2, 0.25) is 11.8 Å². The molecule has 0 spiro atoms. The topological polar surface area (TPSA) is 75.1 Å². The molecular formula is C23H32F2N6O. The number of pyridine rings is 1. The Morgan fingerprint density at radius 2 is 2.03 bits per heavy atom. The fourth-order valence-electron chi connectivity index (χ4n) is 4.79. The molecule has 1 amide bonds. The molecule has 0 bridgehead atoms. The highest BCUT2D eigenvalue weighted by Gasteiger charge is 2.35. The van der Waals surface area contributed by atoms with E-state index in [0.29, 0.717) is 25.9 Å². The second-order valence-electron chi connectivity index (χ2n) is 9.50. The van der Waals surface area contributed by atoms with Crippen LogP contribution in [0.5, 0.6) is 0 Å². The Bertz CT molecular complexity index is 979. The van der Waals surface area contributed by atoms with Crippen LogP contribution in [-0.2, 0) is 17.9 Å². The molecule has 9 heteroatoms. The molecule has 2 N–H and O–H groups in total. The number of carbonyl (C=O) groups excluding carboxylic acids is 1. The van der Waals surface area contributed by atoms with E-state index < -0.39 is 5.92 Å². The summed E-state index contributed by atoms with van der Waals surface area (Å²) >= 11 is 0. The molecule has 4 rings (SSSR count). The fourth-order valence-corrected chi connectivity index (χ4v) is 4.79. The van der Waals surface area contributed by atoms with Gasteiger partial charge in [-0.2, -0.15) is 5.10 Å². The molecule has 3 heterocycles. The van der Waals surface area contributed by atoms with E-state index in [0.717, 1.165) is 28.5 Å². The maximum Gasteiger partial charge on any atom is 0.248 e. The minimum Gasteiger partial charge on any atom is -0.366 e. The van der Waals surface area contributed by atoms with E-state index in [2.05, 4.69) is 20.7 Å². The van der Waals surface area contributed by atoms with Crippen LogP contribution in [0.3, 0.4) is 0 Å². The Morgan fingerprint density at radius 3 is 2.72 bits per heavy atom. The molecule has 174 valence electrons. The van der Waals surface area contributed by atoms with Gasteiger partial charge in [0.1, 0.15) is 11.9 Å². The zero-order chi connectivity index (χ0) is 23.0. The Labute approximate surface area is 187 Å². The number of nitrogens with one attached hydrogen (secondary N) is 2. The Hall–Kier alpha value is -2.71. The van der Waals surface area contributed by atoms with Crippen molar-refractivity contribution in [3.63, 3.8) is 0 Å². The third-order valence-corrected chi connectivity index (χ3v) is 6.57. The molecule has 2 aromatic rings. The molecule has 1 saturated carbocycles. The number of alkyl halides is 2. The van der Waals surface area contributed by atoms with Gasteiger partial charge < -0.3 is 15.5 Å². The zero-order valence-electron chi connectivity index (χ0n) is 19.2. The van der Waals surface area contributed by atoms with Gasteiger partial charge in [0.25, 0.3) is 0 Å². The predicted octanol–water partition coefficient (Wildman–Crippen LogP) is 4.44. The Morgan fingerprint density at radius 1 is 1.31 bits per heavy atom. The van der Waals surface area contributed by atoms with E-state index in [1.165, 1.54) is 0 Å². The Kier molecular flexibility index (Phi) is 6.09. The van der Waals surface area contributed by atoms with Crippen LogP contribution in [-0.4, -0.2) is 39.7 Å². The summed E-state index contributed by atoms with van der Waals surface area (Å²) in [7, 11) is 1.94. The number of hydrogen-bond acceptors (Lipinski definition) is 5. The maximum absolute atomic E-state index is 13.4. The van der Waals surface area contributed by atoms with Crippen LogP contribution in [0.25, 0.3) is 0 Å². The maximum atomic E-state index is 13.4. The summed E-state index contributed by atoms with van der Waals surface area (Å²) in [6, 6.07) is 1.74. The van der Waals surface area contributed by atoms with Gasteiger partial charge in [-0.25, -0.2) is 13.8 Å². The van der Waals surface area contributed by atoms with Crippen LogP contribution in [0.2, 0.25) is 0 Å². The van der Waals surface area contributed by atoms with Crippen molar-refractivity contribution in [2.24, 2.45) is 11.8 Å². The van der Waals surface area contributed by atoms with Gasteiger partial charge in [-0.3, -0.25) is 9.48 Å². The third kappa shape index (κ3) is 4.71. The van der Waals surface area contributed by atoms with Crippen molar-refractivity contribution >= 4 is 23.1 Å². The second-order valence-corrected chi connectivity index (χ2v) is 9.50. The van der Waals surface area contributed by atoms with Gasteiger partial charge in [-0.1, -0.05) is 13.8 Å². The van der Waals surface area contributed by atoms with E-state index in [1.54, 1.807) is 6.20 Å². The SMILES string of the molecule is Cc1nc(NCc2cnn(CC3CCC(F)(F)CC3)c2)cc2c1NC(=O)[C@H](C(C)C)N2C. The molecule has 1 atom stereocenters. The van der Waals surface area contributed by atoms with Gasteiger partial charge in [0.05, 0.1) is 23.3 Å². The van der Waals surface area contributed by atoms with Crippen LogP contribution in [0, 0.1) is 18.8 Å². The lowest BCUT2D eigenvalue weighted by molar-refractivity contribution is -0.118. The average molecular weight is 447 g/mol. The van der Waals surface area contributed by atoms with Crippen molar-refractivity contribution in [1.29, 1.82) is 0 Å². The molecule has 1 aliphatic heterocycles. The first-order chi connectivity index (χ1) is 15.1. The molecule has 2 aliphatic rings. The lowest BCUT2D eigenvalue weighted by atomic mass is 9.87. The van der Waals surface area contributed by atoms with Crippen molar-refractivity contribution in [1.82, 2.24) is 14.8 Å². The summed E-state index contributed by atoms with van der Waals surface area (Å²) in [5, 5.41) is 10.8. The number of halogens is 2. The number of aryl methyl sites for hydroxylation is 1. The van der Waals surface area contributed by atoms with Crippen molar-refractivity contribution in [2.75, 3.05) is 22.6 Å². The van der Waals surface area contributed by atoms with Crippen molar-refractivity contribution in [2.45, 2.75) is 71.5 Å². The quantitative estimate of drug-likeness (QED) is 0.686. The number of fused-ring (bicyclic) bond motifs is 1. The van der Waals surface area contributed by atoms with Crippen molar-refractivity contribution < 1.29 is 13.6 Å². The fraction of sp³-hybridized carbons (Fsp3) is 0.609. The van der Waals surface area contributed by atoms with Gasteiger partial charge in [-0.15, -0.1) is 0 Å². The monoisotopic (exact) mass is 446 g/mol. The third-order valence-electron chi connectivity index (χ3n) is 6.57. The molecule has 7 nitrogen and oxygen atoms in total. The molecule has 0 unspecified atom stereocenters. The van der Waals surface area contributed by atoms with E-state index in [9.17, 15) is 13.6 Å². The number of hydrogen-bond donors (Lipinski definition) is 2. The molecule has 0 radical (unpaired) electrons.